The molecule has 1 unspecified atom stereocenters. The molecule has 4 aromatic rings. The minimum Gasteiger partial charge on any atom is -0.354 e. The van der Waals surface area contributed by atoms with Gasteiger partial charge in [0.05, 0.1) is 5.52 Å². The summed E-state index contributed by atoms with van der Waals surface area (Å²) in [6.45, 7) is 8.92. The van der Waals surface area contributed by atoms with E-state index in [1.807, 2.05) is 54.6 Å². The molecule has 1 N–H and O–H groups in total. The normalized spacial score (nSPS) is 12.2. The Bertz CT molecular complexity index is 1330. The molecule has 0 radical (unpaired) electrons. The minimum atomic E-state index is -0.895. The molecule has 0 spiro atoms. The molecule has 2 aromatic heterocycles. The Hall–Kier alpha value is -4.07. The summed E-state index contributed by atoms with van der Waals surface area (Å²) in [5.41, 5.74) is 3.88. The van der Waals surface area contributed by atoms with E-state index in [0.717, 1.165) is 17.5 Å². The number of amides is 2. The number of fused-ring (bicyclic) bond motifs is 1. The second kappa shape index (κ2) is 11.8. The van der Waals surface area contributed by atoms with Gasteiger partial charge >= 0.3 is 0 Å². The summed E-state index contributed by atoms with van der Waals surface area (Å²) in [6.07, 6.45) is 4.14. The number of para-hydroxylation sites is 1. The van der Waals surface area contributed by atoms with Gasteiger partial charge in [-0.3, -0.25) is 19.5 Å². The Morgan fingerprint density at radius 2 is 1.70 bits per heavy atom. The summed E-state index contributed by atoms with van der Waals surface area (Å²) in [5, 5.41) is 11.4. The third-order valence-electron chi connectivity index (χ3n) is 6.34. The van der Waals surface area contributed by atoms with Gasteiger partial charge in [-0.2, -0.15) is 0 Å². The first-order valence-electron chi connectivity index (χ1n) is 12.7. The molecule has 2 heterocycles. The van der Waals surface area contributed by atoms with E-state index in [2.05, 4.69) is 48.3 Å². The second-order valence-electron chi connectivity index (χ2n) is 9.91. The van der Waals surface area contributed by atoms with Crippen molar-refractivity contribution in [2.45, 2.75) is 52.6 Å². The number of anilines is 1. The molecule has 8 heteroatoms. The predicted octanol–water partition coefficient (Wildman–Crippen LogP) is 4.89. The highest BCUT2D eigenvalue weighted by Crippen LogP contribution is 2.30. The van der Waals surface area contributed by atoms with Crippen molar-refractivity contribution in [2.75, 3.05) is 11.4 Å². The van der Waals surface area contributed by atoms with Gasteiger partial charge < -0.3 is 5.32 Å². The molecule has 0 saturated heterocycles. The highest BCUT2D eigenvalue weighted by molar-refractivity contribution is 6.01. The van der Waals surface area contributed by atoms with Gasteiger partial charge in [0, 0.05) is 30.2 Å². The molecule has 0 fully saturated rings. The molecule has 0 aliphatic rings. The number of carbonyl (C=O) groups excluding carboxylic acids is 2. The van der Waals surface area contributed by atoms with E-state index in [1.54, 1.807) is 28.0 Å². The highest BCUT2D eigenvalue weighted by Gasteiger charge is 2.33. The van der Waals surface area contributed by atoms with Crippen molar-refractivity contribution in [3.05, 3.63) is 84.2 Å². The lowest BCUT2D eigenvalue weighted by Crippen LogP contribution is -2.45. The fraction of sp³-hybridized carbons (Fsp3) is 0.345. The van der Waals surface area contributed by atoms with Gasteiger partial charge in [-0.15, -0.1) is 5.10 Å². The van der Waals surface area contributed by atoms with Gasteiger partial charge in [0.25, 0.3) is 0 Å². The van der Waals surface area contributed by atoms with Crippen LogP contribution in [0.1, 0.15) is 57.2 Å². The van der Waals surface area contributed by atoms with Crippen molar-refractivity contribution < 1.29 is 9.59 Å². The van der Waals surface area contributed by atoms with Crippen LogP contribution < -0.4 is 10.2 Å². The van der Waals surface area contributed by atoms with Crippen LogP contribution >= 0.6 is 0 Å². The lowest BCUT2D eigenvalue weighted by Gasteiger charge is -2.31. The molecule has 192 valence electrons. The maximum absolute atomic E-state index is 14.0. The molecule has 4 rings (SSSR count). The molecule has 37 heavy (non-hydrogen) atoms. The Morgan fingerprint density at radius 3 is 2.38 bits per heavy atom. The minimum absolute atomic E-state index is 0.0670. The topological polar surface area (TPSA) is 93.0 Å². The van der Waals surface area contributed by atoms with E-state index in [-0.39, 0.29) is 18.4 Å². The molecule has 8 nitrogen and oxygen atoms in total. The fourth-order valence-electron chi connectivity index (χ4n) is 4.23. The number of hydrogen-bond acceptors (Lipinski definition) is 5. The number of aromatic nitrogens is 4. The third kappa shape index (κ3) is 6.20. The number of hydrogen-bond donors (Lipinski definition) is 1. The van der Waals surface area contributed by atoms with Crippen LogP contribution in [0.25, 0.3) is 11.0 Å². The summed E-state index contributed by atoms with van der Waals surface area (Å²) in [7, 11) is 0. The van der Waals surface area contributed by atoms with Crippen molar-refractivity contribution in [1.29, 1.82) is 0 Å². The SMILES string of the molecule is CC(C)CCNC(=O)C(c1cccnc1)N(C(=O)Cn1nnc2ccccc21)c1ccc(C(C)C)cc1. The first-order valence-corrected chi connectivity index (χ1v) is 12.7. The average molecular weight is 499 g/mol. The zero-order valence-corrected chi connectivity index (χ0v) is 21.8. The summed E-state index contributed by atoms with van der Waals surface area (Å²) in [4.78, 5) is 33.5. The van der Waals surface area contributed by atoms with Crippen molar-refractivity contribution in [3.63, 3.8) is 0 Å². The fourth-order valence-corrected chi connectivity index (χ4v) is 4.23. The molecule has 0 aliphatic heterocycles. The van der Waals surface area contributed by atoms with E-state index >= 15 is 0 Å². The van der Waals surface area contributed by atoms with Crippen molar-refractivity contribution in [1.82, 2.24) is 25.3 Å². The molecule has 0 saturated carbocycles. The summed E-state index contributed by atoms with van der Waals surface area (Å²) < 4.78 is 1.57. The largest absolute Gasteiger partial charge is 0.354 e. The van der Waals surface area contributed by atoms with Crippen LogP contribution in [0.15, 0.2) is 73.1 Å². The number of pyridine rings is 1. The second-order valence-corrected chi connectivity index (χ2v) is 9.91. The van der Waals surface area contributed by atoms with E-state index in [0.29, 0.717) is 35.1 Å². The zero-order valence-electron chi connectivity index (χ0n) is 21.8. The van der Waals surface area contributed by atoms with Crippen LogP contribution in [-0.2, 0) is 16.1 Å². The van der Waals surface area contributed by atoms with Gasteiger partial charge in [0.2, 0.25) is 11.8 Å². The molecular formula is C29H34N6O2. The third-order valence-corrected chi connectivity index (χ3v) is 6.34. The lowest BCUT2D eigenvalue weighted by molar-refractivity contribution is -0.127. The number of benzene rings is 2. The maximum Gasteiger partial charge on any atom is 0.249 e. The number of nitrogens with one attached hydrogen (secondary N) is 1. The first kappa shape index (κ1) is 26.0. The lowest BCUT2D eigenvalue weighted by atomic mass is 10.0. The van der Waals surface area contributed by atoms with Crippen LogP contribution in [-0.4, -0.2) is 38.3 Å². The molecule has 0 aliphatic carbocycles. The first-order chi connectivity index (χ1) is 17.8. The summed E-state index contributed by atoms with van der Waals surface area (Å²) in [6, 6.07) is 18.0. The Labute approximate surface area is 217 Å². The zero-order chi connectivity index (χ0) is 26.4. The van der Waals surface area contributed by atoms with Crippen LogP contribution in [0, 0.1) is 5.92 Å². The van der Waals surface area contributed by atoms with Gasteiger partial charge in [0.1, 0.15) is 18.1 Å². The van der Waals surface area contributed by atoms with Gasteiger partial charge in [-0.05, 0) is 54.2 Å². The van der Waals surface area contributed by atoms with Crippen molar-refractivity contribution >= 4 is 28.5 Å². The molecular weight excluding hydrogens is 464 g/mol. The van der Waals surface area contributed by atoms with Gasteiger partial charge in [-0.1, -0.05) is 63.2 Å². The van der Waals surface area contributed by atoms with E-state index < -0.39 is 6.04 Å². The molecule has 0 bridgehead atoms. The number of carbonyl (C=O) groups is 2. The molecule has 2 amide bonds. The predicted molar refractivity (Wildman–Crippen MR) is 145 cm³/mol. The van der Waals surface area contributed by atoms with E-state index in [1.165, 1.54) is 0 Å². The quantitative estimate of drug-likeness (QED) is 0.336. The van der Waals surface area contributed by atoms with Gasteiger partial charge in [0.15, 0.2) is 0 Å². The Morgan fingerprint density at radius 1 is 0.946 bits per heavy atom. The molecule has 2 aromatic carbocycles. The average Bonchev–Trinajstić information content (AvgIpc) is 3.30. The Kier molecular flexibility index (Phi) is 8.28. The van der Waals surface area contributed by atoms with Crippen LogP contribution in [0.4, 0.5) is 5.69 Å². The van der Waals surface area contributed by atoms with Crippen LogP contribution in [0.5, 0.6) is 0 Å². The number of rotatable bonds is 10. The van der Waals surface area contributed by atoms with Crippen molar-refractivity contribution in [2.24, 2.45) is 5.92 Å². The number of nitrogens with zero attached hydrogens (tertiary/aromatic N) is 5. The van der Waals surface area contributed by atoms with Crippen LogP contribution in [0.3, 0.4) is 0 Å². The summed E-state index contributed by atoms with van der Waals surface area (Å²) in [5.74, 6) is 0.256. The van der Waals surface area contributed by atoms with E-state index in [4.69, 9.17) is 0 Å². The Balaban J connectivity index is 1.75. The highest BCUT2D eigenvalue weighted by atomic mass is 16.2. The molecule has 1 atom stereocenters. The standard InChI is InChI=1S/C29H34N6O2/c1-20(2)15-17-31-29(37)28(23-8-7-16-30-18-23)35(24-13-11-22(12-14-24)21(3)4)27(36)19-34-26-10-6-5-9-25(26)32-33-34/h5-14,16,18,20-21,28H,15,17,19H2,1-4H3,(H,31,37). The van der Waals surface area contributed by atoms with Crippen LogP contribution in [0.2, 0.25) is 0 Å². The smallest absolute Gasteiger partial charge is 0.249 e. The monoisotopic (exact) mass is 498 g/mol. The summed E-state index contributed by atoms with van der Waals surface area (Å²) >= 11 is 0. The van der Waals surface area contributed by atoms with Gasteiger partial charge in [-0.25, -0.2) is 4.68 Å². The van der Waals surface area contributed by atoms with Crippen molar-refractivity contribution in [3.8, 4) is 0 Å². The maximum atomic E-state index is 14.0. The van der Waals surface area contributed by atoms with E-state index in [9.17, 15) is 9.59 Å².